The van der Waals surface area contributed by atoms with Crippen molar-refractivity contribution in [2.75, 3.05) is 19.6 Å². The maximum absolute atomic E-state index is 10.3. The van der Waals surface area contributed by atoms with Crippen LogP contribution in [0.15, 0.2) is 0 Å². The van der Waals surface area contributed by atoms with Crippen molar-refractivity contribution < 1.29 is 37.5 Å². The standard InChI is InChI=1S/C9H16N2O.Y/c1-9(2,3)11-6-4-10(8-12)5-7-11;/h4H,5-7H2,1-3H3;/q-2;. The van der Waals surface area contributed by atoms with Crippen molar-refractivity contribution in [1.29, 1.82) is 0 Å². The minimum atomic E-state index is 0. The van der Waals surface area contributed by atoms with E-state index < -0.39 is 0 Å². The first-order valence-electron chi connectivity index (χ1n) is 4.27. The quantitative estimate of drug-likeness (QED) is 0.643. The zero-order chi connectivity index (χ0) is 9.19. The van der Waals surface area contributed by atoms with E-state index >= 15 is 0 Å². The van der Waals surface area contributed by atoms with E-state index in [1.165, 1.54) is 0 Å². The molecule has 3 nitrogen and oxygen atoms in total. The second kappa shape index (κ2) is 5.42. The van der Waals surface area contributed by atoms with Gasteiger partial charge in [-0.3, -0.25) is 6.54 Å². The van der Waals surface area contributed by atoms with Gasteiger partial charge in [0, 0.05) is 44.8 Å². The van der Waals surface area contributed by atoms with E-state index in [1.54, 1.807) is 4.90 Å². The molecule has 1 saturated heterocycles. The van der Waals surface area contributed by atoms with Gasteiger partial charge < -0.3 is 14.6 Å². The molecule has 1 rings (SSSR count). The zero-order valence-electron chi connectivity index (χ0n) is 8.58. The molecule has 4 heteroatoms. The zero-order valence-corrected chi connectivity index (χ0v) is 11.4. The third-order valence-corrected chi connectivity index (χ3v) is 2.20. The fraction of sp³-hybridized carbons (Fsp3) is 0.778. The maximum atomic E-state index is 10.3. The van der Waals surface area contributed by atoms with Crippen LogP contribution in [0.1, 0.15) is 20.8 Å². The maximum Gasteiger partial charge on any atom is 0.00975 e. The molecule has 0 aromatic rings. The Labute approximate surface area is 106 Å². The van der Waals surface area contributed by atoms with Crippen LogP contribution in [0, 0.1) is 6.54 Å². The Morgan fingerprint density at radius 1 is 1.31 bits per heavy atom. The molecular formula is C9H16N2OY-2. The molecule has 0 aromatic heterocycles. The summed E-state index contributed by atoms with van der Waals surface area (Å²) in [4.78, 5) is 14.2. The molecule has 0 atom stereocenters. The number of piperazine rings is 1. The van der Waals surface area contributed by atoms with Gasteiger partial charge in [-0.1, -0.05) is 0 Å². The van der Waals surface area contributed by atoms with E-state index in [2.05, 4.69) is 25.7 Å². The molecule has 13 heavy (non-hydrogen) atoms. The third kappa shape index (κ3) is 4.05. The molecule has 1 amide bonds. The van der Waals surface area contributed by atoms with Crippen molar-refractivity contribution in [2.24, 2.45) is 0 Å². The summed E-state index contributed by atoms with van der Waals surface area (Å²) in [6.07, 6.45) is 1.88. The third-order valence-electron chi connectivity index (χ3n) is 2.20. The van der Waals surface area contributed by atoms with E-state index in [1.807, 2.05) is 13.0 Å². The van der Waals surface area contributed by atoms with Crippen molar-refractivity contribution >= 4 is 6.41 Å². The molecule has 1 aliphatic rings. The molecule has 0 saturated carbocycles. The number of hydrogen-bond donors (Lipinski definition) is 0. The predicted molar refractivity (Wildman–Crippen MR) is 48.0 cm³/mol. The summed E-state index contributed by atoms with van der Waals surface area (Å²) in [6, 6.07) is 0. The molecule has 73 valence electrons. The molecule has 0 aromatic carbocycles. The largest absolute Gasteiger partial charge is 0.663 e. The molecular weight excluding hydrogens is 241 g/mol. The van der Waals surface area contributed by atoms with Gasteiger partial charge in [-0.25, -0.2) is 0 Å². The van der Waals surface area contributed by atoms with Crippen LogP contribution in [0.5, 0.6) is 0 Å². The van der Waals surface area contributed by atoms with E-state index in [4.69, 9.17) is 0 Å². The summed E-state index contributed by atoms with van der Waals surface area (Å²) in [7, 11) is 0. The molecule has 1 fully saturated rings. The van der Waals surface area contributed by atoms with Gasteiger partial charge in [0.1, 0.15) is 0 Å². The molecule has 0 aliphatic carbocycles. The second-order valence-corrected chi connectivity index (χ2v) is 4.08. The smallest absolute Gasteiger partial charge is 0.00975 e. The minimum Gasteiger partial charge on any atom is -0.663 e. The number of rotatable bonds is 1. The predicted octanol–water partition coefficient (Wildman–Crippen LogP) is 0.629. The summed E-state index contributed by atoms with van der Waals surface area (Å²) < 4.78 is 0. The average Bonchev–Trinajstić information content (AvgIpc) is 2.03. The summed E-state index contributed by atoms with van der Waals surface area (Å²) in [5.41, 5.74) is 0.200. The second-order valence-electron chi connectivity index (χ2n) is 4.08. The van der Waals surface area contributed by atoms with Crippen LogP contribution in [0.4, 0.5) is 0 Å². The number of nitrogens with zero attached hydrogens (tertiary/aromatic N) is 2. The Bertz CT molecular complexity index is 159. The first-order valence-corrected chi connectivity index (χ1v) is 4.27. The van der Waals surface area contributed by atoms with Crippen LogP contribution in [0.25, 0.3) is 0 Å². The molecule has 1 aliphatic heterocycles. The molecule has 1 heterocycles. The van der Waals surface area contributed by atoms with Gasteiger partial charge in [0.2, 0.25) is 0 Å². The van der Waals surface area contributed by atoms with Crippen LogP contribution < -0.4 is 0 Å². The van der Waals surface area contributed by atoms with Gasteiger partial charge in [0.15, 0.2) is 0 Å². The Hall–Kier alpha value is 0.534. The Balaban J connectivity index is 0.00000144. The molecule has 1 radical (unpaired) electrons. The van der Waals surface area contributed by atoms with Crippen molar-refractivity contribution in [1.82, 2.24) is 9.80 Å². The Morgan fingerprint density at radius 3 is 2.23 bits per heavy atom. The van der Waals surface area contributed by atoms with Gasteiger partial charge in [0.25, 0.3) is 0 Å². The Morgan fingerprint density at radius 2 is 1.92 bits per heavy atom. The van der Waals surface area contributed by atoms with Crippen molar-refractivity contribution in [3.05, 3.63) is 6.54 Å². The summed E-state index contributed by atoms with van der Waals surface area (Å²) in [6.45, 7) is 11.0. The molecule has 0 bridgehead atoms. The van der Waals surface area contributed by atoms with E-state index in [0.717, 1.165) is 19.6 Å². The van der Waals surface area contributed by atoms with Crippen molar-refractivity contribution in [3.63, 3.8) is 0 Å². The number of hydrogen-bond acceptors (Lipinski definition) is 2. The molecule has 0 N–H and O–H groups in total. The van der Waals surface area contributed by atoms with Crippen molar-refractivity contribution in [2.45, 2.75) is 26.3 Å². The topological polar surface area (TPSA) is 23.6 Å². The SMILES string of the molecule is CC(C)(C)N1C[CH-]N([C-]=O)CC1.[Y]. The van der Waals surface area contributed by atoms with E-state index in [-0.39, 0.29) is 38.2 Å². The van der Waals surface area contributed by atoms with Gasteiger partial charge in [0.05, 0.1) is 0 Å². The summed E-state index contributed by atoms with van der Waals surface area (Å²) in [5, 5.41) is 0. The van der Waals surface area contributed by atoms with Gasteiger partial charge >= 0.3 is 0 Å². The summed E-state index contributed by atoms with van der Waals surface area (Å²) >= 11 is 0. The van der Waals surface area contributed by atoms with Crippen LogP contribution in [-0.2, 0) is 37.5 Å². The fourth-order valence-electron chi connectivity index (χ4n) is 1.30. The molecule has 0 spiro atoms. The van der Waals surface area contributed by atoms with E-state index in [9.17, 15) is 4.79 Å². The monoisotopic (exact) mass is 257 g/mol. The average molecular weight is 257 g/mol. The minimum absolute atomic E-state index is 0. The summed E-state index contributed by atoms with van der Waals surface area (Å²) in [5.74, 6) is 0. The van der Waals surface area contributed by atoms with Crippen LogP contribution >= 0.6 is 0 Å². The van der Waals surface area contributed by atoms with Gasteiger partial charge in [-0.05, 0) is 27.3 Å². The van der Waals surface area contributed by atoms with Crippen LogP contribution in [0.3, 0.4) is 0 Å². The number of amides is 1. The Kier molecular flexibility index (Phi) is 5.65. The molecule has 0 unspecified atom stereocenters. The fourth-order valence-corrected chi connectivity index (χ4v) is 1.30. The van der Waals surface area contributed by atoms with Crippen molar-refractivity contribution in [3.8, 4) is 0 Å². The number of carbonyl (C=O) groups excluding carboxylic acids is 1. The van der Waals surface area contributed by atoms with E-state index in [0.29, 0.717) is 0 Å². The van der Waals surface area contributed by atoms with Gasteiger partial charge in [-0.15, -0.1) is 6.54 Å². The van der Waals surface area contributed by atoms with Gasteiger partial charge in [-0.2, -0.15) is 6.41 Å². The van der Waals surface area contributed by atoms with Crippen LogP contribution in [0.2, 0.25) is 0 Å². The first-order chi connectivity index (χ1) is 5.54. The van der Waals surface area contributed by atoms with Crippen LogP contribution in [-0.4, -0.2) is 41.4 Å². The normalized spacial score (nSPS) is 19.5. The first kappa shape index (κ1) is 13.5.